The predicted molar refractivity (Wildman–Crippen MR) is 113 cm³/mol. The number of nitrogens with zero attached hydrogens (tertiary/aromatic N) is 4. The van der Waals surface area contributed by atoms with Gasteiger partial charge in [-0.3, -0.25) is 4.79 Å². The van der Waals surface area contributed by atoms with Gasteiger partial charge < -0.3 is 9.80 Å². The lowest BCUT2D eigenvalue weighted by Gasteiger charge is -2.35. The third-order valence-electron chi connectivity index (χ3n) is 5.11. The van der Waals surface area contributed by atoms with E-state index in [4.69, 9.17) is 5.14 Å². The van der Waals surface area contributed by atoms with Crippen molar-refractivity contribution in [2.24, 2.45) is 5.14 Å². The van der Waals surface area contributed by atoms with Gasteiger partial charge in [0.2, 0.25) is 10.0 Å². The number of primary sulfonamides is 1. The van der Waals surface area contributed by atoms with Crippen molar-refractivity contribution in [3.63, 3.8) is 0 Å². The number of carbonyl (C=O) groups is 1. The van der Waals surface area contributed by atoms with Crippen LogP contribution in [0.1, 0.15) is 10.4 Å². The Kier molecular flexibility index (Phi) is 5.66. The molecule has 1 aromatic heterocycles. The number of hydrogen-bond acceptors (Lipinski definition) is 6. The molecule has 0 aliphatic carbocycles. The first kappa shape index (κ1) is 20.9. The van der Waals surface area contributed by atoms with E-state index in [1.807, 2.05) is 17.0 Å². The molecule has 0 saturated carbocycles. The molecule has 2 heterocycles. The van der Waals surface area contributed by atoms with E-state index in [1.54, 1.807) is 17.0 Å². The summed E-state index contributed by atoms with van der Waals surface area (Å²) in [5.74, 6) is 0.231. The Morgan fingerprint density at radius 3 is 2.06 bits per heavy atom. The molecule has 1 aliphatic heterocycles. The standard InChI is InChI=1S/C21H20FN5O3S/c22-17-5-1-15(2-6-17)19-9-10-20(25-24-19)26-11-13-27(14-12-26)21(28)16-3-7-18(8-4-16)31(23,29)30/h1-10H,11-14H2,(H2,23,29,30). The van der Waals surface area contributed by atoms with Crippen molar-refractivity contribution in [3.8, 4) is 11.3 Å². The number of anilines is 1. The lowest BCUT2D eigenvalue weighted by molar-refractivity contribution is 0.0746. The minimum Gasteiger partial charge on any atom is -0.352 e. The van der Waals surface area contributed by atoms with Crippen LogP contribution in [0.25, 0.3) is 11.3 Å². The summed E-state index contributed by atoms with van der Waals surface area (Å²) in [4.78, 5) is 16.4. The Labute approximate surface area is 179 Å². The smallest absolute Gasteiger partial charge is 0.253 e. The second kappa shape index (κ2) is 8.40. The number of nitrogens with two attached hydrogens (primary N) is 1. The van der Waals surface area contributed by atoms with Gasteiger partial charge in [-0.05, 0) is 60.7 Å². The zero-order valence-corrected chi connectivity index (χ0v) is 17.3. The van der Waals surface area contributed by atoms with Crippen molar-refractivity contribution in [3.05, 3.63) is 72.0 Å². The van der Waals surface area contributed by atoms with Crippen molar-refractivity contribution in [1.82, 2.24) is 15.1 Å². The van der Waals surface area contributed by atoms with Crippen LogP contribution in [-0.2, 0) is 10.0 Å². The summed E-state index contributed by atoms with van der Waals surface area (Å²) in [6, 6.07) is 15.3. The molecule has 10 heteroatoms. The predicted octanol–water partition coefficient (Wildman–Crippen LogP) is 1.89. The minimum atomic E-state index is -3.79. The molecular weight excluding hydrogens is 421 g/mol. The molecule has 2 N–H and O–H groups in total. The molecule has 8 nitrogen and oxygen atoms in total. The van der Waals surface area contributed by atoms with E-state index in [9.17, 15) is 17.6 Å². The average Bonchev–Trinajstić information content (AvgIpc) is 2.79. The van der Waals surface area contributed by atoms with Gasteiger partial charge in [-0.2, -0.15) is 0 Å². The van der Waals surface area contributed by atoms with E-state index >= 15 is 0 Å². The molecule has 0 unspecified atom stereocenters. The molecule has 0 spiro atoms. The van der Waals surface area contributed by atoms with Crippen molar-refractivity contribution in [1.29, 1.82) is 0 Å². The number of aromatic nitrogens is 2. The number of sulfonamides is 1. The van der Waals surface area contributed by atoms with E-state index < -0.39 is 10.0 Å². The molecule has 0 bridgehead atoms. The van der Waals surface area contributed by atoms with Crippen molar-refractivity contribution >= 4 is 21.7 Å². The van der Waals surface area contributed by atoms with Gasteiger partial charge in [-0.15, -0.1) is 10.2 Å². The third kappa shape index (κ3) is 4.70. The maximum Gasteiger partial charge on any atom is 0.253 e. The van der Waals surface area contributed by atoms with Crippen molar-refractivity contribution in [2.75, 3.05) is 31.1 Å². The summed E-state index contributed by atoms with van der Waals surface area (Å²) < 4.78 is 35.8. The first-order valence-electron chi connectivity index (χ1n) is 9.58. The highest BCUT2D eigenvalue weighted by Crippen LogP contribution is 2.20. The number of carbonyl (C=O) groups excluding carboxylic acids is 1. The Balaban J connectivity index is 1.38. The molecule has 2 aromatic carbocycles. The number of hydrogen-bond donors (Lipinski definition) is 1. The first-order valence-corrected chi connectivity index (χ1v) is 11.1. The third-order valence-corrected chi connectivity index (χ3v) is 6.04. The van der Waals surface area contributed by atoms with Crippen LogP contribution in [0.4, 0.5) is 10.2 Å². The highest BCUT2D eigenvalue weighted by molar-refractivity contribution is 7.89. The van der Waals surface area contributed by atoms with Crippen LogP contribution in [0.5, 0.6) is 0 Å². The number of amides is 1. The number of piperazine rings is 1. The second-order valence-electron chi connectivity index (χ2n) is 7.13. The summed E-state index contributed by atoms with van der Waals surface area (Å²) >= 11 is 0. The lowest BCUT2D eigenvalue weighted by atomic mass is 10.1. The Morgan fingerprint density at radius 2 is 1.52 bits per heavy atom. The van der Waals surface area contributed by atoms with Gasteiger partial charge >= 0.3 is 0 Å². The Hall–Kier alpha value is -3.37. The van der Waals surface area contributed by atoms with Crippen molar-refractivity contribution in [2.45, 2.75) is 4.90 Å². The SMILES string of the molecule is NS(=O)(=O)c1ccc(C(=O)N2CCN(c3ccc(-c4ccc(F)cc4)nn3)CC2)cc1. The number of rotatable bonds is 4. The first-order chi connectivity index (χ1) is 14.8. The molecule has 31 heavy (non-hydrogen) atoms. The zero-order chi connectivity index (χ0) is 22.0. The fourth-order valence-electron chi connectivity index (χ4n) is 3.38. The molecule has 0 atom stereocenters. The van der Waals surface area contributed by atoms with E-state index in [0.29, 0.717) is 43.3 Å². The highest BCUT2D eigenvalue weighted by Gasteiger charge is 2.23. The summed E-state index contributed by atoms with van der Waals surface area (Å²) in [6.45, 7) is 2.17. The van der Waals surface area contributed by atoms with Crippen LogP contribution in [-0.4, -0.2) is 55.6 Å². The van der Waals surface area contributed by atoms with Crippen molar-refractivity contribution < 1.29 is 17.6 Å². The molecule has 3 aromatic rings. The molecule has 1 saturated heterocycles. The van der Waals surface area contributed by atoms with Crippen LogP contribution in [0.3, 0.4) is 0 Å². The van der Waals surface area contributed by atoms with E-state index in [-0.39, 0.29) is 16.6 Å². The minimum absolute atomic E-state index is 0.0310. The van der Waals surface area contributed by atoms with Gasteiger partial charge in [0, 0.05) is 37.3 Å². The van der Waals surface area contributed by atoms with Gasteiger partial charge in [0.1, 0.15) is 5.82 Å². The summed E-state index contributed by atoms with van der Waals surface area (Å²) in [5.41, 5.74) is 1.84. The van der Waals surface area contributed by atoms with Crippen LogP contribution in [0, 0.1) is 5.82 Å². The second-order valence-corrected chi connectivity index (χ2v) is 8.69. The largest absolute Gasteiger partial charge is 0.352 e. The van der Waals surface area contributed by atoms with Gasteiger partial charge in [-0.25, -0.2) is 17.9 Å². The van der Waals surface area contributed by atoms with Crippen LogP contribution in [0.2, 0.25) is 0 Å². The summed E-state index contributed by atoms with van der Waals surface area (Å²) in [7, 11) is -3.79. The van der Waals surface area contributed by atoms with Crippen LogP contribution < -0.4 is 10.0 Å². The maximum absolute atomic E-state index is 13.1. The fraction of sp³-hybridized carbons (Fsp3) is 0.190. The monoisotopic (exact) mass is 441 g/mol. The topological polar surface area (TPSA) is 109 Å². The van der Waals surface area contributed by atoms with Gasteiger partial charge in [0.05, 0.1) is 10.6 Å². The van der Waals surface area contributed by atoms with Crippen LogP contribution >= 0.6 is 0 Å². The maximum atomic E-state index is 13.1. The quantitative estimate of drug-likeness (QED) is 0.662. The van der Waals surface area contributed by atoms with E-state index in [0.717, 1.165) is 5.56 Å². The van der Waals surface area contributed by atoms with Gasteiger partial charge in [-0.1, -0.05) is 0 Å². The molecule has 160 valence electrons. The van der Waals surface area contributed by atoms with Gasteiger partial charge in [0.25, 0.3) is 5.91 Å². The number of halogens is 1. The molecule has 0 radical (unpaired) electrons. The Morgan fingerprint density at radius 1 is 0.871 bits per heavy atom. The highest BCUT2D eigenvalue weighted by atomic mass is 32.2. The van der Waals surface area contributed by atoms with Gasteiger partial charge in [0.15, 0.2) is 5.82 Å². The summed E-state index contributed by atoms with van der Waals surface area (Å²) in [6.07, 6.45) is 0. The lowest BCUT2D eigenvalue weighted by Crippen LogP contribution is -2.49. The molecular formula is C21H20FN5O3S. The normalized spacial score (nSPS) is 14.5. The summed E-state index contributed by atoms with van der Waals surface area (Å²) in [5, 5.41) is 13.6. The zero-order valence-electron chi connectivity index (χ0n) is 16.5. The average molecular weight is 441 g/mol. The molecule has 1 aliphatic rings. The molecule has 1 amide bonds. The van der Waals surface area contributed by atoms with E-state index in [1.165, 1.54) is 36.4 Å². The molecule has 1 fully saturated rings. The fourth-order valence-corrected chi connectivity index (χ4v) is 3.89. The Bertz CT molecular complexity index is 1180. The number of benzene rings is 2. The van der Waals surface area contributed by atoms with Crippen LogP contribution in [0.15, 0.2) is 65.6 Å². The van der Waals surface area contributed by atoms with E-state index in [2.05, 4.69) is 10.2 Å². The molecule has 4 rings (SSSR count).